The number of carbonyl (C=O) groups excluding carboxylic acids is 2. The summed E-state index contributed by atoms with van der Waals surface area (Å²) in [4.78, 5) is 25.4. The van der Waals surface area contributed by atoms with Crippen molar-refractivity contribution in [2.45, 2.75) is 32.6 Å². The molecule has 0 bridgehead atoms. The lowest BCUT2D eigenvalue weighted by atomic mass is 9.95. The molecule has 0 N–H and O–H groups in total. The van der Waals surface area contributed by atoms with Crippen LogP contribution in [0.25, 0.3) is 0 Å². The minimum atomic E-state index is -0.739. The summed E-state index contributed by atoms with van der Waals surface area (Å²) in [6.45, 7) is 3.31. The minimum absolute atomic E-state index is 0.0488. The van der Waals surface area contributed by atoms with E-state index in [9.17, 15) is 9.59 Å². The normalized spacial score (nSPS) is 22.1. The second kappa shape index (κ2) is 4.97. The van der Waals surface area contributed by atoms with E-state index in [0.29, 0.717) is 45.4 Å². The van der Waals surface area contributed by atoms with Crippen molar-refractivity contribution in [1.29, 1.82) is 5.26 Å². The minimum Gasteiger partial charge on any atom is -0.466 e. The van der Waals surface area contributed by atoms with Gasteiger partial charge in [0.15, 0.2) is 0 Å². The Hall–Kier alpha value is -1.57. The fourth-order valence-corrected chi connectivity index (χ4v) is 2.38. The topological polar surface area (TPSA) is 70.4 Å². The molecule has 5 heteroatoms. The molecule has 0 radical (unpaired) electrons. The van der Waals surface area contributed by atoms with E-state index >= 15 is 0 Å². The molecular formula is C13H18N2O3. The van der Waals surface area contributed by atoms with Crippen LogP contribution in [-0.4, -0.2) is 36.5 Å². The number of carbonyl (C=O) groups is 2. The van der Waals surface area contributed by atoms with Crippen molar-refractivity contribution in [1.82, 2.24) is 4.90 Å². The van der Waals surface area contributed by atoms with E-state index in [-0.39, 0.29) is 17.8 Å². The summed E-state index contributed by atoms with van der Waals surface area (Å²) in [6, 6.07) is 2.12. The number of amides is 1. The van der Waals surface area contributed by atoms with Crippen LogP contribution in [0.5, 0.6) is 0 Å². The summed E-state index contributed by atoms with van der Waals surface area (Å²) < 4.78 is 4.98. The highest BCUT2D eigenvalue weighted by atomic mass is 16.5. The predicted octanol–water partition coefficient (Wildman–Crippen LogP) is 1.09. The Morgan fingerprint density at radius 3 is 2.44 bits per heavy atom. The molecule has 18 heavy (non-hydrogen) atoms. The molecular weight excluding hydrogens is 232 g/mol. The van der Waals surface area contributed by atoms with Gasteiger partial charge in [0.25, 0.3) is 0 Å². The third-order valence-electron chi connectivity index (χ3n) is 3.78. The molecule has 0 unspecified atom stereocenters. The quantitative estimate of drug-likeness (QED) is 0.703. The zero-order valence-electron chi connectivity index (χ0n) is 10.6. The number of nitrogens with zero attached hydrogens (tertiary/aromatic N) is 2. The molecule has 1 saturated carbocycles. The third kappa shape index (κ3) is 2.33. The van der Waals surface area contributed by atoms with Crippen molar-refractivity contribution in [2.75, 3.05) is 19.7 Å². The van der Waals surface area contributed by atoms with Crippen LogP contribution < -0.4 is 0 Å². The lowest BCUT2D eigenvalue weighted by molar-refractivity contribution is -0.151. The monoisotopic (exact) mass is 250 g/mol. The lowest BCUT2D eigenvalue weighted by Crippen LogP contribution is -2.43. The Balaban J connectivity index is 1.86. The maximum absolute atomic E-state index is 12.1. The number of hydrogen-bond acceptors (Lipinski definition) is 4. The summed E-state index contributed by atoms with van der Waals surface area (Å²) in [7, 11) is 0. The van der Waals surface area contributed by atoms with E-state index in [1.807, 2.05) is 0 Å². The van der Waals surface area contributed by atoms with E-state index in [4.69, 9.17) is 10.00 Å². The van der Waals surface area contributed by atoms with Crippen LogP contribution in [0.2, 0.25) is 0 Å². The van der Waals surface area contributed by atoms with Crippen LogP contribution >= 0.6 is 0 Å². The molecule has 1 aliphatic carbocycles. The second-order valence-electron chi connectivity index (χ2n) is 5.01. The molecule has 0 aromatic rings. The van der Waals surface area contributed by atoms with Gasteiger partial charge in [-0.3, -0.25) is 9.59 Å². The lowest BCUT2D eigenvalue weighted by Gasteiger charge is -2.32. The van der Waals surface area contributed by atoms with E-state index in [0.717, 1.165) is 0 Å². The zero-order valence-corrected chi connectivity index (χ0v) is 10.6. The maximum Gasteiger partial charge on any atom is 0.309 e. The van der Waals surface area contributed by atoms with Gasteiger partial charge in [0.1, 0.15) is 5.41 Å². The number of esters is 1. The molecule has 2 aliphatic rings. The van der Waals surface area contributed by atoms with Crippen molar-refractivity contribution in [3.63, 3.8) is 0 Å². The number of rotatable bonds is 3. The van der Waals surface area contributed by atoms with Crippen LogP contribution in [0.1, 0.15) is 32.6 Å². The molecule has 2 rings (SSSR count). The summed E-state index contributed by atoms with van der Waals surface area (Å²) in [5.74, 6) is -0.301. The van der Waals surface area contributed by atoms with Gasteiger partial charge in [0.2, 0.25) is 5.91 Å². The molecule has 0 atom stereocenters. The van der Waals surface area contributed by atoms with Gasteiger partial charge in [-0.1, -0.05) is 0 Å². The standard InChI is InChI=1S/C13H18N2O3/c1-2-18-11(16)10-3-7-15(8-4-10)12(17)13(9-14)5-6-13/h10H,2-8H2,1H3. The molecule has 0 aromatic carbocycles. The highest BCUT2D eigenvalue weighted by Gasteiger charge is 2.52. The summed E-state index contributed by atoms with van der Waals surface area (Å²) in [6.07, 6.45) is 2.65. The largest absolute Gasteiger partial charge is 0.466 e. The maximum atomic E-state index is 12.1. The molecule has 1 amide bonds. The van der Waals surface area contributed by atoms with Crippen molar-refractivity contribution in [3.05, 3.63) is 0 Å². The van der Waals surface area contributed by atoms with Crippen LogP contribution in [0.15, 0.2) is 0 Å². The first-order valence-electron chi connectivity index (χ1n) is 6.50. The zero-order chi connectivity index (χ0) is 13.2. The fourth-order valence-electron chi connectivity index (χ4n) is 2.38. The average molecular weight is 250 g/mol. The molecule has 1 heterocycles. The first-order chi connectivity index (χ1) is 8.63. The SMILES string of the molecule is CCOC(=O)C1CCN(C(=O)C2(C#N)CC2)CC1. The van der Waals surface area contributed by atoms with Gasteiger partial charge < -0.3 is 9.64 Å². The third-order valence-corrected chi connectivity index (χ3v) is 3.78. The number of piperidine rings is 1. The Bertz CT molecular complexity index is 388. The van der Waals surface area contributed by atoms with Gasteiger partial charge in [0, 0.05) is 13.1 Å². The summed E-state index contributed by atoms with van der Waals surface area (Å²) >= 11 is 0. The Kier molecular flexibility index (Phi) is 3.55. The van der Waals surface area contributed by atoms with Crippen molar-refractivity contribution < 1.29 is 14.3 Å². The van der Waals surface area contributed by atoms with Gasteiger partial charge >= 0.3 is 5.97 Å². The van der Waals surface area contributed by atoms with Crippen molar-refractivity contribution >= 4 is 11.9 Å². The Labute approximate surface area is 107 Å². The highest BCUT2D eigenvalue weighted by molar-refractivity contribution is 5.88. The van der Waals surface area contributed by atoms with Crippen LogP contribution in [-0.2, 0) is 14.3 Å². The number of hydrogen-bond donors (Lipinski definition) is 0. The van der Waals surface area contributed by atoms with Gasteiger partial charge in [-0.2, -0.15) is 5.26 Å². The Morgan fingerprint density at radius 1 is 1.39 bits per heavy atom. The van der Waals surface area contributed by atoms with E-state index in [2.05, 4.69) is 6.07 Å². The molecule has 5 nitrogen and oxygen atoms in total. The highest BCUT2D eigenvalue weighted by Crippen LogP contribution is 2.46. The number of ether oxygens (including phenoxy) is 1. The number of likely N-dealkylation sites (tertiary alicyclic amines) is 1. The molecule has 1 saturated heterocycles. The first kappa shape index (κ1) is 12.9. The molecule has 0 aromatic heterocycles. The second-order valence-corrected chi connectivity index (χ2v) is 5.01. The van der Waals surface area contributed by atoms with E-state index < -0.39 is 5.41 Å². The van der Waals surface area contributed by atoms with Crippen molar-refractivity contribution in [3.8, 4) is 6.07 Å². The molecule has 0 spiro atoms. The van der Waals surface area contributed by atoms with Gasteiger partial charge in [-0.05, 0) is 32.6 Å². The first-order valence-corrected chi connectivity index (χ1v) is 6.50. The van der Waals surface area contributed by atoms with E-state index in [1.54, 1.807) is 11.8 Å². The van der Waals surface area contributed by atoms with Gasteiger partial charge in [-0.25, -0.2) is 0 Å². The summed E-state index contributed by atoms with van der Waals surface area (Å²) in [5.41, 5.74) is -0.739. The van der Waals surface area contributed by atoms with Crippen LogP contribution in [0.4, 0.5) is 0 Å². The fraction of sp³-hybridized carbons (Fsp3) is 0.769. The predicted molar refractivity (Wildman–Crippen MR) is 63.2 cm³/mol. The Morgan fingerprint density at radius 2 is 2.00 bits per heavy atom. The molecule has 98 valence electrons. The molecule has 1 aliphatic heterocycles. The summed E-state index contributed by atoms with van der Waals surface area (Å²) in [5, 5.41) is 9.00. The average Bonchev–Trinajstić information content (AvgIpc) is 3.19. The van der Waals surface area contributed by atoms with E-state index in [1.165, 1.54) is 0 Å². The molecule has 2 fully saturated rings. The van der Waals surface area contributed by atoms with Crippen LogP contribution in [0.3, 0.4) is 0 Å². The van der Waals surface area contributed by atoms with Crippen molar-refractivity contribution in [2.24, 2.45) is 11.3 Å². The number of nitriles is 1. The smallest absolute Gasteiger partial charge is 0.309 e. The van der Waals surface area contributed by atoms with Crippen LogP contribution in [0, 0.1) is 22.7 Å². The van der Waals surface area contributed by atoms with Gasteiger partial charge in [-0.15, -0.1) is 0 Å². The van der Waals surface area contributed by atoms with Gasteiger partial charge in [0.05, 0.1) is 18.6 Å².